The van der Waals surface area contributed by atoms with E-state index >= 15 is 0 Å². The molecule has 0 saturated carbocycles. The summed E-state index contributed by atoms with van der Waals surface area (Å²) in [7, 11) is 0. The molecular weight excluding hydrogens is 256 g/mol. The zero-order chi connectivity index (χ0) is 13.8. The third kappa shape index (κ3) is 3.37. The Labute approximate surface area is 119 Å². The first-order chi connectivity index (χ1) is 9.11. The lowest BCUT2D eigenvalue weighted by molar-refractivity contribution is 0.264. The zero-order valence-electron chi connectivity index (χ0n) is 11.4. The van der Waals surface area contributed by atoms with E-state index in [9.17, 15) is 5.11 Å². The van der Waals surface area contributed by atoms with Gasteiger partial charge in [-0.25, -0.2) is 0 Å². The van der Waals surface area contributed by atoms with Crippen LogP contribution in [0.2, 0.25) is 5.02 Å². The van der Waals surface area contributed by atoms with Gasteiger partial charge in [0.2, 0.25) is 0 Å². The molecule has 19 heavy (non-hydrogen) atoms. The Hall–Kier alpha value is -1.31. The summed E-state index contributed by atoms with van der Waals surface area (Å²) in [6.07, 6.45) is 0.813. The lowest BCUT2D eigenvalue weighted by Crippen LogP contribution is -2.09. The van der Waals surface area contributed by atoms with Crippen molar-refractivity contribution >= 4 is 11.6 Å². The second-order valence-corrected chi connectivity index (χ2v) is 5.44. The van der Waals surface area contributed by atoms with E-state index < -0.39 is 0 Å². The van der Waals surface area contributed by atoms with Gasteiger partial charge in [-0.1, -0.05) is 53.6 Å². The summed E-state index contributed by atoms with van der Waals surface area (Å²) < 4.78 is 0. The Morgan fingerprint density at radius 1 is 1.11 bits per heavy atom. The Bertz CT molecular complexity index is 563. The first kappa shape index (κ1) is 14.1. The summed E-state index contributed by atoms with van der Waals surface area (Å²) in [5.41, 5.74) is 4.80. The summed E-state index contributed by atoms with van der Waals surface area (Å²) in [5.74, 6) is 0.0502. The number of halogens is 1. The second-order valence-electron chi connectivity index (χ2n) is 5.04. The van der Waals surface area contributed by atoms with E-state index in [0.29, 0.717) is 0 Å². The number of hydrogen-bond donors (Lipinski definition) is 1. The Morgan fingerprint density at radius 2 is 1.84 bits per heavy atom. The fourth-order valence-corrected chi connectivity index (χ4v) is 2.65. The fraction of sp³-hybridized carbons (Fsp3) is 0.294. The first-order valence-corrected chi connectivity index (χ1v) is 6.91. The molecular formula is C17H19ClO. The molecule has 1 atom stereocenters. The summed E-state index contributed by atoms with van der Waals surface area (Å²) >= 11 is 6.22. The molecule has 0 radical (unpaired) electrons. The van der Waals surface area contributed by atoms with Gasteiger partial charge in [-0.05, 0) is 43.0 Å². The summed E-state index contributed by atoms with van der Waals surface area (Å²) in [4.78, 5) is 0. The molecule has 0 aliphatic carbocycles. The molecule has 0 bridgehead atoms. The molecule has 0 aliphatic heterocycles. The summed E-state index contributed by atoms with van der Waals surface area (Å²) in [6.45, 7) is 4.30. The third-order valence-electron chi connectivity index (χ3n) is 3.54. The highest BCUT2D eigenvalue weighted by molar-refractivity contribution is 6.31. The molecule has 1 nitrogen and oxygen atoms in total. The predicted octanol–water partition coefficient (Wildman–Crippen LogP) is 4.28. The number of aliphatic hydroxyl groups is 1. The molecule has 2 aromatic rings. The highest BCUT2D eigenvalue weighted by Gasteiger charge is 2.15. The lowest BCUT2D eigenvalue weighted by atomic mass is 9.90. The number of rotatable bonds is 4. The maximum absolute atomic E-state index is 9.67. The molecule has 0 aromatic heterocycles. The van der Waals surface area contributed by atoms with Crippen LogP contribution in [0.5, 0.6) is 0 Å². The Balaban J connectivity index is 2.29. The topological polar surface area (TPSA) is 20.2 Å². The van der Waals surface area contributed by atoms with Crippen LogP contribution in [0.1, 0.15) is 28.2 Å². The van der Waals surface area contributed by atoms with Crippen molar-refractivity contribution in [3.8, 4) is 0 Å². The van der Waals surface area contributed by atoms with E-state index in [1.807, 2.05) is 24.3 Å². The van der Waals surface area contributed by atoms with Crippen molar-refractivity contribution < 1.29 is 5.11 Å². The summed E-state index contributed by atoms with van der Waals surface area (Å²) in [5, 5.41) is 10.4. The maximum Gasteiger partial charge on any atom is 0.0503 e. The molecule has 0 fully saturated rings. The minimum atomic E-state index is 0.0502. The van der Waals surface area contributed by atoms with Gasteiger partial charge in [0.25, 0.3) is 0 Å². The van der Waals surface area contributed by atoms with Crippen LogP contribution < -0.4 is 0 Å². The molecule has 2 aromatic carbocycles. The molecule has 0 amide bonds. The van der Waals surface area contributed by atoms with Gasteiger partial charge in [0.05, 0.1) is 6.61 Å². The first-order valence-electron chi connectivity index (χ1n) is 6.53. The molecule has 0 heterocycles. The van der Waals surface area contributed by atoms with Gasteiger partial charge in [0, 0.05) is 10.9 Å². The highest BCUT2D eigenvalue weighted by atomic mass is 35.5. The van der Waals surface area contributed by atoms with Gasteiger partial charge < -0.3 is 5.11 Å². The van der Waals surface area contributed by atoms with Gasteiger partial charge in [-0.15, -0.1) is 0 Å². The minimum Gasteiger partial charge on any atom is -0.396 e. The van der Waals surface area contributed by atoms with Gasteiger partial charge >= 0.3 is 0 Å². The molecule has 100 valence electrons. The lowest BCUT2D eigenvalue weighted by Gasteiger charge is -2.18. The molecule has 1 unspecified atom stereocenters. The van der Waals surface area contributed by atoms with Crippen LogP contribution in [0, 0.1) is 13.8 Å². The van der Waals surface area contributed by atoms with Crippen molar-refractivity contribution in [3.05, 3.63) is 69.7 Å². The van der Waals surface area contributed by atoms with Crippen molar-refractivity contribution in [2.45, 2.75) is 26.2 Å². The van der Waals surface area contributed by atoms with Crippen molar-refractivity contribution in [1.82, 2.24) is 0 Å². The average Bonchev–Trinajstić information content (AvgIpc) is 2.41. The SMILES string of the molecule is Cc1ccc(C)c(CC(CO)c2ccccc2Cl)c1. The van der Waals surface area contributed by atoms with Gasteiger partial charge in [0.1, 0.15) is 0 Å². The average molecular weight is 275 g/mol. The fourth-order valence-electron chi connectivity index (χ4n) is 2.36. The largest absolute Gasteiger partial charge is 0.396 e. The maximum atomic E-state index is 9.67. The van der Waals surface area contributed by atoms with Crippen molar-refractivity contribution in [1.29, 1.82) is 0 Å². The van der Waals surface area contributed by atoms with Crippen LogP contribution in [0.4, 0.5) is 0 Å². The normalized spacial score (nSPS) is 12.4. The monoisotopic (exact) mass is 274 g/mol. The Kier molecular flexibility index (Phi) is 4.62. The molecule has 1 N–H and O–H groups in total. The van der Waals surface area contributed by atoms with E-state index in [-0.39, 0.29) is 12.5 Å². The van der Waals surface area contributed by atoms with Crippen LogP contribution >= 0.6 is 11.6 Å². The van der Waals surface area contributed by atoms with Crippen molar-refractivity contribution in [3.63, 3.8) is 0 Å². The second kappa shape index (κ2) is 6.23. The number of benzene rings is 2. The van der Waals surface area contributed by atoms with Crippen LogP contribution in [0.15, 0.2) is 42.5 Å². The molecule has 0 aliphatic rings. The van der Waals surface area contributed by atoms with Crippen LogP contribution in [-0.2, 0) is 6.42 Å². The zero-order valence-corrected chi connectivity index (χ0v) is 12.1. The van der Waals surface area contributed by atoms with Gasteiger partial charge in [-0.2, -0.15) is 0 Å². The molecule has 0 saturated heterocycles. The van der Waals surface area contributed by atoms with Gasteiger partial charge in [-0.3, -0.25) is 0 Å². The number of hydrogen-bond acceptors (Lipinski definition) is 1. The van der Waals surface area contributed by atoms with Crippen molar-refractivity contribution in [2.24, 2.45) is 0 Å². The number of aliphatic hydroxyl groups excluding tert-OH is 1. The molecule has 2 rings (SSSR count). The smallest absolute Gasteiger partial charge is 0.0503 e. The van der Waals surface area contributed by atoms with E-state index in [2.05, 4.69) is 32.0 Å². The summed E-state index contributed by atoms with van der Waals surface area (Å²) in [6, 6.07) is 14.2. The quantitative estimate of drug-likeness (QED) is 0.882. The highest BCUT2D eigenvalue weighted by Crippen LogP contribution is 2.28. The van der Waals surface area contributed by atoms with Crippen molar-refractivity contribution in [2.75, 3.05) is 6.61 Å². The van der Waals surface area contributed by atoms with Crippen LogP contribution in [0.25, 0.3) is 0 Å². The predicted molar refractivity (Wildman–Crippen MR) is 80.9 cm³/mol. The minimum absolute atomic E-state index is 0.0502. The van der Waals surface area contributed by atoms with E-state index in [1.165, 1.54) is 16.7 Å². The van der Waals surface area contributed by atoms with E-state index in [0.717, 1.165) is 17.0 Å². The van der Waals surface area contributed by atoms with Crippen LogP contribution in [-0.4, -0.2) is 11.7 Å². The molecule has 0 spiro atoms. The molecule has 2 heteroatoms. The standard InChI is InChI=1S/C17H19ClO/c1-12-7-8-13(2)14(9-12)10-15(11-19)16-5-3-4-6-17(16)18/h3-9,15,19H,10-11H2,1-2H3. The van der Waals surface area contributed by atoms with E-state index in [1.54, 1.807) is 0 Å². The third-order valence-corrected chi connectivity index (χ3v) is 3.88. The van der Waals surface area contributed by atoms with E-state index in [4.69, 9.17) is 11.6 Å². The number of aryl methyl sites for hydroxylation is 2. The van der Waals surface area contributed by atoms with Crippen LogP contribution in [0.3, 0.4) is 0 Å². The van der Waals surface area contributed by atoms with Gasteiger partial charge in [0.15, 0.2) is 0 Å². The Morgan fingerprint density at radius 3 is 2.53 bits per heavy atom.